The van der Waals surface area contributed by atoms with Gasteiger partial charge in [0, 0.05) is 10.2 Å². The van der Waals surface area contributed by atoms with E-state index in [4.69, 9.17) is 0 Å². The third-order valence-corrected chi connectivity index (χ3v) is 3.14. The smallest absolute Gasteiger partial charge is 0.256 e. The molecule has 0 fully saturated rings. The minimum absolute atomic E-state index is 0.272. The van der Waals surface area contributed by atoms with Crippen molar-refractivity contribution in [1.29, 1.82) is 0 Å². The number of anilines is 1. The van der Waals surface area contributed by atoms with E-state index in [0.29, 0.717) is 15.7 Å². The molecule has 0 saturated heterocycles. The molecule has 2 aromatic carbocycles. The number of carbonyl (C=O) groups is 1. The molecule has 0 spiro atoms. The van der Waals surface area contributed by atoms with Gasteiger partial charge in [0.05, 0.1) is 5.56 Å². The molecule has 0 heterocycles. The largest absolute Gasteiger partial charge is 0.322 e. The Morgan fingerprint density at radius 3 is 2.44 bits per heavy atom. The lowest BCUT2D eigenvalue weighted by molar-refractivity contribution is 0.102. The first-order chi connectivity index (χ1) is 8.56. The van der Waals surface area contributed by atoms with E-state index < -0.39 is 0 Å². The van der Waals surface area contributed by atoms with E-state index in [1.807, 2.05) is 31.2 Å². The van der Waals surface area contributed by atoms with E-state index in [9.17, 15) is 9.18 Å². The number of amides is 1. The van der Waals surface area contributed by atoms with Gasteiger partial charge in [0.25, 0.3) is 5.91 Å². The van der Waals surface area contributed by atoms with Gasteiger partial charge < -0.3 is 5.32 Å². The van der Waals surface area contributed by atoms with Crippen LogP contribution in [0.4, 0.5) is 10.1 Å². The van der Waals surface area contributed by atoms with Crippen LogP contribution >= 0.6 is 15.9 Å². The Bertz CT molecular complexity index is 581. The summed E-state index contributed by atoms with van der Waals surface area (Å²) in [5, 5.41) is 2.75. The Kier molecular flexibility index (Phi) is 3.77. The monoisotopic (exact) mass is 307 g/mol. The van der Waals surface area contributed by atoms with Crippen LogP contribution in [0.1, 0.15) is 15.9 Å². The summed E-state index contributed by atoms with van der Waals surface area (Å²) in [7, 11) is 0. The highest BCUT2D eigenvalue weighted by Gasteiger charge is 2.10. The fraction of sp³-hybridized carbons (Fsp3) is 0.0714. The van der Waals surface area contributed by atoms with Crippen molar-refractivity contribution in [1.82, 2.24) is 0 Å². The predicted molar refractivity (Wildman–Crippen MR) is 73.2 cm³/mol. The van der Waals surface area contributed by atoms with Crippen LogP contribution in [0.5, 0.6) is 0 Å². The van der Waals surface area contributed by atoms with Crippen LogP contribution in [-0.2, 0) is 0 Å². The molecule has 0 saturated carbocycles. The van der Waals surface area contributed by atoms with Gasteiger partial charge in [0.15, 0.2) is 0 Å². The molecular formula is C14H11BrFNO. The highest BCUT2D eigenvalue weighted by atomic mass is 79.9. The minimum Gasteiger partial charge on any atom is -0.322 e. The molecule has 2 aromatic rings. The molecule has 0 bridgehead atoms. The summed E-state index contributed by atoms with van der Waals surface area (Å²) in [4.78, 5) is 12.0. The van der Waals surface area contributed by atoms with E-state index in [-0.39, 0.29) is 11.7 Å². The first-order valence-corrected chi connectivity index (χ1v) is 6.18. The summed E-state index contributed by atoms with van der Waals surface area (Å²) < 4.78 is 13.4. The van der Waals surface area contributed by atoms with Crippen molar-refractivity contribution in [2.75, 3.05) is 5.32 Å². The Hall–Kier alpha value is -1.68. The first-order valence-electron chi connectivity index (χ1n) is 5.39. The van der Waals surface area contributed by atoms with E-state index in [1.165, 1.54) is 18.2 Å². The Morgan fingerprint density at radius 2 is 1.83 bits per heavy atom. The van der Waals surface area contributed by atoms with Crippen molar-refractivity contribution < 1.29 is 9.18 Å². The molecule has 18 heavy (non-hydrogen) atoms. The number of carbonyl (C=O) groups excluding carboxylic acids is 1. The van der Waals surface area contributed by atoms with Gasteiger partial charge in [-0.15, -0.1) is 0 Å². The molecule has 0 unspecified atom stereocenters. The van der Waals surface area contributed by atoms with Crippen molar-refractivity contribution in [2.45, 2.75) is 6.92 Å². The summed E-state index contributed by atoms with van der Waals surface area (Å²) in [6.45, 7) is 1.97. The lowest BCUT2D eigenvalue weighted by Crippen LogP contribution is -2.12. The number of aryl methyl sites for hydroxylation is 1. The van der Waals surface area contributed by atoms with E-state index in [2.05, 4.69) is 21.2 Å². The van der Waals surface area contributed by atoms with Gasteiger partial charge in [-0.3, -0.25) is 4.79 Å². The van der Waals surface area contributed by atoms with Gasteiger partial charge in [-0.1, -0.05) is 17.7 Å². The summed E-state index contributed by atoms with van der Waals surface area (Å²) in [5.74, 6) is -0.653. The third-order valence-electron chi connectivity index (χ3n) is 2.49. The Morgan fingerprint density at radius 1 is 1.17 bits per heavy atom. The van der Waals surface area contributed by atoms with Crippen molar-refractivity contribution in [3.05, 3.63) is 63.9 Å². The molecule has 0 atom stereocenters. The standard InChI is InChI=1S/C14H11BrFNO/c1-9-2-5-11(6-3-9)17-14(18)12-7-4-10(16)8-13(12)15/h2-8H,1H3,(H,17,18). The van der Waals surface area contributed by atoms with Gasteiger partial charge in [-0.2, -0.15) is 0 Å². The molecule has 2 rings (SSSR count). The fourth-order valence-electron chi connectivity index (χ4n) is 1.51. The number of hydrogen-bond acceptors (Lipinski definition) is 1. The molecule has 0 aromatic heterocycles. The van der Waals surface area contributed by atoms with Crippen LogP contribution in [0.2, 0.25) is 0 Å². The Labute approximate surface area is 113 Å². The number of benzene rings is 2. The Balaban J connectivity index is 2.19. The number of halogens is 2. The van der Waals surface area contributed by atoms with Crippen molar-refractivity contribution in [3.8, 4) is 0 Å². The molecule has 1 N–H and O–H groups in total. The number of hydrogen-bond donors (Lipinski definition) is 1. The molecule has 0 aliphatic carbocycles. The van der Waals surface area contributed by atoms with Crippen LogP contribution in [0.25, 0.3) is 0 Å². The predicted octanol–water partition coefficient (Wildman–Crippen LogP) is 4.15. The maximum atomic E-state index is 12.9. The van der Waals surface area contributed by atoms with Gasteiger partial charge in [0.2, 0.25) is 0 Å². The molecule has 0 aliphatic heterocycles. The van der Waals surface area contributed by atoms with Gasteiger partial charge in [0.1, 0.15) is 5.82 Å². The quantitative estimate of drug-likeness (QED) is 0.887. The van der Waals surface area contributed by atoms with Crippen LogP contribution in [0.15, 0.2) is 46.9 Å². The summed E-state index contributed by atoms with van der Waals surface area (Å²) >= 11 is 3.17. The van der Waals surface area contributed by atoms with Crippen LogP contribution in [0, 0.1) is 12.7 Å². The van der Waals surface area contributed by atoms with Gasteiger partial charge in [-0.25, -0.2) is 4.39 Å². The lowest BCUT2D eigenvalue weighted by Gasteiger charge is -2.07. The van der Waals surface area contributed by atoms with E-state index in [1.54, 1.807) is 0 Å². The third kappa shape index (κ3) is 2.96. The van der Waals surface area contributed by atoms with Crippen LogP contribution < -0.4 is 5.32 Å². The van der Waals surface area contributed by atoms with Gasteiger partial charge in [-0.05, 0) is 53.2 Å². The zero-order valence-electron chi connectivity index (χ0n) is 9.71. The van der Waals surface area contributed by atoms with E-state index >= 15 is 0 Å². The van der Waals surface area contributed by atoms with Crippen molar-refractivity contribution in [3.63, 3.8) is 0 Å². The van der Waals surface area contributed by atoms with Crippen LogP contribution in [-0.4, -0.2) is 5.91 Å². The summed E-state index contributed by atoms with van der Waals surface area (Å²) in [6.07, 6.45) is 0. The maximum Gasteiger partial charge on any atom is 0.256 e. The lowest BCUT2D eigenvalue weighted by atomic mass is 10.2. The number of nitrogens with one attached hydrogen (secondary N) is 1. The summed E-state index contributed by atoms with van der Waals surface area (Å²) in [6, 6.07) is 11.4. The SMILES string of the molecule is Cc1ccc(NC(=O)c2ccc(F)cc2Br)cc1. The molecule has 1 amide bonds. The minimum atomic E-state index is -0.381. The van der Waals surface area contributed by atoms with E-state index in [0.717, 1.165) is 5.56 Å². The summed E-state index contributed by atoms with van der Waals surface area (Å²) in [5.41, 5.74) is 2.23. The second kappa shape index (κ2) is 5.31. The fourth-order valence-corrected chi connectivity index (χ4v) is 2.04. The second-order valence-electron chi connectivity index (χ2n) is 3.94. The van der Waals surface area contributed by atoms with Crippen molar-refractivity contribution >= 4 is 27.5 Å². The average molecular weight is 308 g/mol. The average Bonchev–Trinajstić information content (AvgIpc) is 2.32. The zero-order chi connectivity index (χ0) is 13.1. The van der Waals surface area contributed by atoms with Crippen molar-refractivity contribution in [2.24, 2.45) is 0 Å². The molecule has 2 nitrogen and oxygen atoms in total. The van der Waals surface area contributed by atoms with Gasteiger partial charge >= 0.3 is 0 Å². The normalized spacial score (nSPS) is 10.2. The topological polar surface area (TPSA) is 29.1 Å². The highest BCUT2D eigenvalue weighted by molar-refractivity contribution is 9.10. The zero-order valence-corrected chi connectivity index (χ0v) is 11.3. The molecule has 92 valence electrons. The highest BCUT2D eigenvalue weighted by Crippen LogP contribution is 2.19. The maximum absolute atomic E-state index is 12.9. The molecular weight excluding hydrogens is 297 g/mol. The molecule has 0 aliphatic rings. The first kappa shape index (κ1) is 12.8. The molecule has 4 heteroatoms. The van der Waals surface area contributed by atoms with Crippen LogP contribution in [0.3, 0.4) is 0 Å². The molecule has 0 radical (unpaired) electrons. The second-order valence-corrected chi connectivity index (χ2v) is 4.80. The number of rotatable bonds is 2.